The number of halogens is 3. The largest absolute Gasteiger partial charge is 0.376 e. The van der Waals surface area contributed by atoms with E-state index in [0.29, 0.717) is 35.5 Å². The number of anilines is 1. The van der Waals surface area contributed by atoms with E-state index in [2.05, 4.69) is 25.5 Å². The lowest BCUT2D eigenvalue weighted by atomic mass is 10.2. The van der Waals surface area contributed by atoms with Gasteiger partial charge in [-0.05, 0) is 43.3 Å². The lowest BCUT2D eigenvalue weighted by molar-refractivity contribution is -0.856. The molecule has 0 saturated heterocycles. The summed E-state index contributed by atoms with van der Waals surface area (Å²) in [6, 6.07) is 5.24. The Bertz CT molecular complexity index is 1510. The number of fused-ring (bicyclic) bond motifs is 1. The van der Waals surface area contributed by atoms with Gasteiger partial charge in [0.2, 0.25) is 0 Å². The number of aryl methyl sites for hydroxylation is 1. The average molecular weight is 508 g/mol. The quantitative estimate of drug-likeness (QED) is 0.313. The highest BCUT2D eigenvalue weighted by Crippen LogP contribution is 2.30. The van der Waals surface area contributed by atoms with Crippen LogP contribution in [0.25, 0.3) is 22.4 Å². The van der Waals surface area contributed by atoms with Gasteiger partial charge in [-0.15, -0.1) is 0 Å². The molecule has 0 unspecified atom stereocenters. The van der Waals surface area contributed by atoms with Crippen LogP contribution < -0.4 is 14.4 Å². The van der Waals surface area contributed by atoms with Gasteiger partial charge >= 0.3 is 10.1 Å². The van der Waals surface area contributed by atoms with E-state index in [9.17, 15) is 21.6 Å². The number of nitrogens with one attached hydrogen (secondary N) is 3. The highest BCUT2D eigenvalue weighted by molar-refractivity contribution is 7.87. The SMILES string of the molecule is Cc1[nH]nc2nc(-c3ccc(OS(=O)(=O)c4cc(F)ccc4F)c(F)c3)nc(NCC[NH+](C)C)c12. The van der Waals surface area contributed by atoms with Crippen LogP contribution in [0.5, 0.6) is 5.75 Å². The number of quaternary nitrogens is 1. The van der Waals surface area contributed by atoms with E-state index in [-0.39, 0.29) is 11.4 Å². The summed E-state index contributed by atoms with van der Waals surface area (Å²) >= 11 is 0. The van der Waals surface area contributed by atoms with Gasteiger partial charge in [0.05, 0.1) is 32.6 Å². The molecule has 4 rings (SSSR count). The zero-order chi connectivity index (χ0) is 25.3. The van der Waals surface area contributed by atoms with Gasteiger partial charge in [0.15, 0.2) is 23.0 Å². The van der Waals surface area contributed by atoms with Gasteiger partial charge in [-0.25, -0.2) is 23.1 Å². The number of benzene rings is 2. The van der Waals surface area contributed by atoms with Gasteiger partial charge in [0.1, 0.15) is 22.3 Å². The minimum atomic E-state index is -4.83. The van der Waals surface area contributed by atoms with Gasteiger partial charge in [0, 0.05) is 11.3 Å². The van der Waals surface area contributed by atoms with Crippen LogP contribution >= 0.6 is 0 Å². The fourth-order valence-electron chi connectivity index (χ4n) is 3.30. The summed E-state index contributed by atoms with van der Waals surface area (Å²) < 4.78 is 71.6. The highest BCUT2D eigenvalue weighted by atomic mass is 32.2. The second-order valence-electron chi connectivity index (χ2n) is 8.08. The zero-order valence-electron chi connectivity index (χ0n) is 19.0. The molecule has 0 saturated carbocycles. The lowest BCUT2D eigenvalue weighted by Crippen LogP contribution is -3.06. The van der Waals surface area contributed by atoms with Crippen molar-refractivity contribution in [1.82, 2.24) is 20.2 Å². The minimum absolute atomic E-state index is 0.146. The number of hydrogen-bond acceptors (Lipinski definition) is 7. The summed E-state index contributed by atoms with van der Waals surface area (Å²) in [4.78, 5) is 9.07. The van der Waals surface area contributed by atoms with E-state index in [4.69, 9.17) is 4.18 Å². The molecule has 0 aliphatic heterocycles. The maximum atomic E-state index is 14.8. The number of likely N-dealkylation sites (N-methyl/N-ethyl adjacent to an activating group) is 1. The Morgan fingerprint density at radius 1 is 1.06 bits per heavy atom. The van der Waals surface area contributed by atoms with Crippen molar-refractivity contribution < 1.29 is 30.7 Å². The lowest BCUT2D eigenvalue weighted by Gasteiger charge is -2.12. The fourth-order valence-corrected chi connectivity index (χ4v) is 4.32. The molecule has 2 heterocycles. The van der Waals surface area contributed by atoms with Crippen molar-refractivity contribution in [2.24, 2.45) is 0 Å². The van der Waals surface area contributed by atoms with E-state index >= 15 is 0 Å². The van der Waals surface area contributed by atoms with E-state index in [1.54, 1.807) is 0 Å². The topological polar surface area (TPSA) is 114 Å². The van der Waals surface area contributed by atoms with Crippen molar-refractivity contribution in [3.05, 3.63) is 59.5 Å². The molecule has 2 aromatic carbocycles. The summed E-state index contributed by atoms with van der Waals surface area (Å²) in [5.41, 5.74) is 1.36. The molecule has 13 heteroatoms. The molecule has 184 valence electrons. The number of aromatic amines is 1. The van der Waals surface area contributed by atoms with E-state index in [1.165, 1.54) is 11.0 Å². The first-order valence-electron chi connectivity index (χ1n) is 10.5. The summed E-state index contributed by atoms with van der Waals surface area (Å²) in [5.74, 6) is -3.30. The summed E-state index contributed by atoms with van der Waals surface area (Å²) in [6.45, 7) is 3.27. The summed E-state index contributed by atoms with van der Waals surface area (Å²) in [7, 11) is -0.799. The van der Waals surface area contributed by atoms with Gasteiger partial charge in [-0.3, -0.25) is 5.10 Å². The Balaban J connectivity index is 1.66. The first-order chi connectivity index (χ1) is 16.5. The molecule has 0 aliphatic carbocycles. The maximum Gasteiger partial charge on any atom is 0.342 e. The Morgan fingerprint density at radius 3 is 2.54 bits per heavy atom. The molecule has 0 bridgehead atoms. The molecule has 2 aromatic heterocycles. The van der Waals surface area contributed by atoms with Crippen LogP contribution in [-0.2, 0) is 10.1 Å². The van der Waals surface area contributed by atoms with Gasteiger partial charge in [-0.2, -0.15) is 13.5 Å². The number of rotatable bonds is 8. The van der Waals surface area contributed by atoms with E-state index in [1.807, 2.05) is 21.0 Å². The highest BCUT2D eigenvalue weighted by Gasteiger charge is 2.24. The van der Waals surface area contributed by atoms with Gasteiger partial charge < -0.3 is 14.4 Å². The smallest absolute Gasteiger partial charge is 0.342 e. The fraction of sp³-hybridized carbons (Fsp3) is 0.227. The minimum Gasteiger partial charge on any atom is -0.376 e. The standard InChI is InChI=1S/C22H21F3N6O3S/c1-12-19-21(26-8-9-31(2)3)27-20(28-22(19)30-29-12)13-4-7-17(16(25)10-13)34-35(32,33)18-11-14(23)5-6-15(18)24/h4-7,10-11H,8-9H2,1-3H3,(H2,26,27,28,29,30)/p+1. The zero-order valence-corrected chi connectivity index (χ0v) is 19.8. The van der Waals surface area contributed by atoms with Crippen LogP contribution in [0.2, 0.25) is 0 Å². The van der Waals surface area contributed by atoms with Crippen molar-refractivity contribution in [3.63, 3.8) is 0 Å². The number of H-pyrrole nitrogens is 1. The van der Waals surface area contributed by atoms with Gasteiger partial charge in [0.25, 0.3) is 0 Å². The molecule has 0 aliphatic rings. The van der Waals surface area contributed by atoms with E-state index in [0.717, 1.165) is 30.4 Å². The normalized spacial score (nSPS) is 11.9. The second-order valence-corrected chi connectivity index (χ2v) is 9.60. The molecule has 4 aromatic rings. The third-order valence-electron chi connectivity index (χ3n) is 5.06. The molecule has 35 heavy (non-hydrogen) atoms. The van der Waals surface area contributed by atoms with Crippen LogP contribution in [0.3, 0.4) is 0 Å². The van der Waals surface area contributed by atoms with Crippen molar-refractivity contribution in [2.75, 3.05) is 32.5 Å². The third kappa shape index (κ3) is 5.20. The van der Waals surface area contributed by atoms with Crippen LogP contribution in [0, 0.1) is 24.4 Å². The van der Waals surface area contributed by atoms with Gasteiger partial charge in [-0.1, -0.05) is 0 Å². The average Bonchev–Trinajstić information content (AvgIpc) is 3.17. The van der Waals surface area contributed by atoms with Crippen molar-refractivity contribution >= 4 is 27.0 Å². The second kappa shape index (κ2) is 9.50. The maximum absolute atomic E-state index is 14.8. The molecule has 0 spiro atoms. The Morgan fingerprint density at radius 2 is 1.83 bits per heavy atom. The molecule has 0 fully saturated rings. The summed E-state index contributed by atoms with van der Waals surface area (Å²) in [5, 5.41) is 11.0. The molecule has 3 N–H and O–H groups in total. The van der Waals surface area contributed by atoms with Crippen molar-refractivity contribution in [3.8, 4) is 17.1 Å². The molecule has 0 atom stereocenters. The molecular weight excluding hydrogens is 485 g/mol. The Kier molecular flexibility index (Phi) is 6.63. The monoisotopic (exact) mass is 507 g/mol. The van der Waals surface area contributed by atoms with E-state index < -0.39 is 38.2 Å². The number of hydrogen-bond donors (Lipinski definition) is 3. The number of nitrogens with zero attached hydrogens (tertiary/aromatic N) is 3. The van der Waals surface area contributed by atoms with Crippen molar-refractivity contribution in [1.29, 1.82) is 0 Å². The van der Waals surface area contributed by atoms with Crippen LogP contribution in [-0.4, -0.2) is 55.8 Å². The first kappa shape index (κ1) is 24.4. The third-order valence-corrected chi connectivity index (χ3v) is 6.31. The molecule has 0 radical (unpaired) electrons. The Hall–Kier alpha value is -3.71. The molecule has 9 nitrogen and oxygen atoms in total. The molecular formula is C22H22F3N6O3S+. The van der Waals surface area contributed by atoms with Crippen LogP contribution in [0.4, 0.5) is 19.0 Å². The van der Waals surface area contributed by atoms with Crippen LogP contribution in [0.1, 0.15) is 5.69 Å². The molecule has 0 amide bonds. The number of aromatic nitrogens is 4. The Labute approximate surface area is 199 Å². The summed E-state index contributed by atoms with van der Waals surface area (Å²) in [6.07, 6.45) is 0. The first-order valence-corrected chi connectivity index (χ1v) is 11.9. The predicted molar refractivity (Wildman–Crippen MR) is 122 cm³/mol. The predicted octanol–water partition coefficient (Wildman–Crippen LogP) is 2.07. The van der Waals surface area contributed by atoms with Crippen molar-refractivity contribution in [2.45, 2.75) is 11.8 Å². The van der Waals surface area contributed by atoms with Crippen LogP contribution in [0.15, 0.2) is 41.3 Å².